The number of anilines is 2. The van der Waals surface area contributed by atoms with Crippen LogP contribution in [0.2, 0.25) is 0 Å². The zero-order valence-electron chi connectivity index (χ0n) is 8.60. The molecule has 0 bridgehead atoms. The van der Waals surface area contributed by atoms with E-state index in [0.717, 1.165) is 0 Å². The van der Waals surface area contributed by atoms with Gasteiger partial charge in [0.05, 0.1) is 17.6 Å². The summed E-state index contributed by atoms with van der Waals surface area (Å²) in [5, 5.41) is 6.21. The van der Waals surface area contributed by atoms with Crippen molar-refractivity contribution in [2.24, 2.45) is 0 Å². The molecule has 16 heavy (non-hydrogen) atoms. The Morgan fingerprint density at radius 1 is 1.56 bits per heavy atom. The standard InChI is InChI=1S/C10H10N4O2/c1-6-4-9(14-16-6)10(15)13-8-2-3-12-5-7(8)11/h2-5H,11H2,1H3,(H,12,13,15). The minimum absolute atomic E-state index is 0.216. The zero-order chi connectivity index (χ0) is 11.5. The minimum atomic E-state index is -0.366. The fraction of sp³-hybridized carbons (Fsp3) is 0.100. The van der Waals surface area contributed by atoms with E-state index in [2.05, 4.69) is 15.5 Å². The number of amides is 1. The van der Waals surface area contributed by atoms with Crippen molar-refractivity contribution >= 4 is 17.3 Å². The Kier molecular flexibility index (Phi) is 2.55. The Labute approximate surface area is 91.5 Å². The van der Waals surface area contributed by atoms with Gasteiger partial charge in [-0.05, 0) is 13.0 Å². The maximum Gasteiger partial charge on any atom is 0.277 e. The molecule has 0 aliphatic rings. The van der Waals surface area contributed by atoms with Crippen LogP contribution in [-0.2, 0) is 0 Å². The van der Waals surface area contributed by atoms with Crippen LogP contribution < -0.4 is 11.1 Å². The summed E-state index contributed by atoms with van der Waals surface area (Å²) in [5.41, 5.74) is 6.75. The lowest BCUT2D eigenvalue weighted by atomic mass is 10.3. The summed E-state index contributed by atoms with van der Waals surface area (Å²) in [6.07, 6.45) is 3.00. The number of nitrogens with zero attached hydrogens (tertiary/aromatic N) is 2. The number of pyridine rings is 1. The summed E-state index contributed by atoms with van der Waals surface area (Å²) in [7, 11) is 0. The van der Waals surface area contributed by atoms with Crippen LogP contribution in [0, 0.1) is 6.92 Å². The van der Waals surface area contributed by atoms with Crippen LogP contribution in [0.5, 0.6) is 0 Å². The fourth-order valence-corrected chi connectivity index (χ4v) is 1.18. The van der Waals surface area contributed by atoms with Crippen molar-refractivity contribution < 1.29 is 9.32 Å². The molecule has 0 aromatic carbocycles. The SMILES string of the molecule is Cc1cc(C(=O)Nc2ccncc2N)no1. The van der Waals surface area contributed by atoms with Gasteiger partial charge in [0.2, 0.25) is 0 Å². The third-order valence-electron chi connectivity index (χ3n) is 1.96. The molecule has 0 fully saturated rings. The number of rotatable bonds is 2. The first-order valence-corrected chi connectivity index (χ1v) is 4.61. The first-order chi connectivity index (χ1) is 7.66. The summed E-state index contributed by atoms with van der Waals surface area (Å²) in [4.78, 5) is 15.5. The van der Waals surface area contributed by atoms with E-state index in [9.17, 15) is 4.79 Å². The predicted octanol–water partition coefficient (Wildman–Crippen LogP) is 1.21. The van der Waals surface area contributed by atoms with Crippen molar-refractivity contribution in [3.8, 4) is 0 Å². The van der Waals surface area contributed by atoms with Crippen molar-refractivity contribution in [3.63, 3.8) is 0 Å². The largest absolute Gasteiger partial charge is 0.396 e. The Bertz CT molecular complexity index is 521. The Hall–Kier alpha value is -2.37. The van der Waals surface area contributed by atoms with Crippen molar-refractivity contribution in [2.45, 2.75) is 6.92 Å². The Morgan fingerprint density at radius 2 is 2.38 bits per heavy atom. The number of nitrogens with one attached hydrogen (secondary N) is 1. The highest BCUT2D eigenvalue weighted by atomic mass is 16.5. The molecule has 0 atom stereocenters. The van der Waals surface area contributed by atoms with E-state index in [1.165, 1.54) is 6.20 Å². The van der Waals surface area contributed by atoms with E-state index in [-0.39, 0.29) is 11.6 Å². The van der Waals surface area contributed by atoms with Crippen LogP contribution in [-0.4, -0.2) is 16.0 Å². The molecule has 0 saturated carbocycles. The highest BCUT2D eigenvalue weighted by Gasteiger charge is 2.11. The minimum Gasteiger partial charge on any atom is -0.396 e. The molecule has 3 N–H and O–H groups in total. The molecule has 6 nitrogen and oxygen atoms in total. The van der Waals surface area contributed by atoms with E-state index in [1.54, 1.807) is 25.3 Å². The maximum absolute atomic E-state index is 11.7. The number of hydrogen-bond donors (Lipinski definition) is 2. The highest BCUT2D eigenvalue weighted by molar-refractivity contribution is 6.04. The van der Waals surface area contributed by atoms with E-state index >= 15 is 0 Å². The number of aromatic nitrogens is 2. The fourth-order valence-electron chi connectivity index (χ4n) is 1.18. The lowest BCUT2D eigenvalue weighted by Crippen LogP contribution is -2.13. The van der Waals surface area contributed by atoms with Gasteiger partial charge in [-0.2, -0.15) is 0 Å². The second kappa shape index (κ2) is 4.01. The van der Waals surface area contributed by atoms with Gasteiger partial charge in [0.1, 0.15) is 5.76 Å². The molecular formula is C10H10N4O2. The lowest BCUT2D eigenvalue weighted by Gasteiger charge is -2.04. The summed E-state index contributed by atoms with van der Waals surface area (Å²) in [6, 6.07) is 3.16. The molecule has 0 aliphatic carbocycles. The normalized spacial score (nSPS) is 10.1. The number of aryl methyl sites for hydroxylation is 1. The number of carbonyl (C=O) groups excluding carboxylic acids is 1. The molecule has 0 aliphatic heterocycles. The molecule has 6 heteroatoms. The summed E-state index contributed by atoms with van der Waals surface area (Å²) >= 11 is 0. The van der Waals surface area contributed by atoms with Gasteiger partial charge >= 0.3 is 0 Å². The van der Waals surface area contributed by atoms with Crippen molar-refractivity contribution in [2.75, 3.05) is 11.1 Å². The van der Waals surface area contributed by atoms with Crippen LogP contribution in [0.3, 0.4) is 0 Å². The molecule has 1 amide bonds. The number of nitrogens with two attached hydrogens (primary N) is 1. The molecular weight excluding hydrogens is 208 g/mol. The zero-order valence-corrected chi connectivity index (χ0v) is 8.60. The Balaban J connectivity index is 2.17. The van der Waals surface area contributed by atoms with Gasteiger partial charge in [-0.25, -0.2) is 0 Å². The summed E-state index contributed by atoms with van der Waals surface area (Å²) in [5.74, 6) is 0.211. The second-order valence-electron chi connectivity index (χ2n) is 3.24. The maximum atomic E-state index is 11.7. The Morgan fingerprint density at radius 3 is 3.00 bits per heavy atom. The molecule has 0 saturated heterocycles. The smallest absolute Gasteiger partial charge is 0.277 e. The summed E-state index contributed by atoms with van der Waals surface area (Å²) in [6.45, 7) is 1.71. The van der Waals surface area contributed by atoms with Gasteiger partial charge in [-0.3, -0.25) is 9.78 Å². The van der Waals surface area contributed by atoms with Crippen LogP contribution in [0.15, 0.2) is 29.0 Å². The van der Waals surface area contributed by atoms with E-state index in [1.807, 2.05) is 0 Å². The lowest BCUT2D eigenvalue weighted by molar-refractivity contribution is 0.101. The van der Waals surface area contributed by atoms with Crippen molar-refractivity contribution in [1.29, 1.82) is 0 Å². The number of hydrogen-bond acceptors (Lipinski definition) is 5. The third kappa shape index (κ3) is 2.00. The van der Waals surface area contributed by atoms with Crippen LogP contribution >= 0.6 is 0 Å². The molecule has 2 aromatic heterocycles. The van der Waals surface area contributed by atoms with Gasteiger partial charge in [0, 0.05) is 12.3 Å². The monoisotopic (exact) mass is 218 g/mol. The first kappa shape index (κ1) is 10.2. The summed E-state index contributed by atoms with van der Waals surface area (Å²) < 4.78 is 4.80. The quantitative estimate of drug-likeness (QED) is 0.790. The van der Waals surface area contributed by atoms with Crippen LogP contribution in [0.1, 0.15) is 16.2 Å². The number of nitrogen functional groups attached to an aromatic ring is 1. The van der Waals surface area contributed by atoms with Gasteiger partial charge < -0.3 is 15.6 Å². The highest BCUT2D eigenvalue weighted by Crippen LogP contribution is 2.16. The second-order valence-corrected chi connectivity index (χ2v) is 3.24. The van der Waals surface area contributed by atoms with Crippen molar-refractivity contribution in [1.82, 2.24) is 10.1 Å². The molecule has 2 rings (SSSR count). The predicted molar refractivity (Wildman–Crippen MR) is 57.8 cm³/mol. The van der Waals surface area contributed by atoms with Gasteiger partial charge in [-0.1, -0.05) is 5.16 Å². The molecule has 2 heterocycles. The molecule has 2 aromatic rings. The third-order valence-corrected chi connectivity index (χ3v) is 1.96. The van der Waals surface area contributed by atoms with Gasteiger partial charge in [-0.15, -0.1) is 0 Å². The number of carbonyl (C=O) groups is 1. The van der Waals surface area contributed by atoms with Gasteiger partial charge in [0.25, 0.3) is 5.91 Å². The van der Waals surface area contributed by atoms with Crippen molar-refractivity contribution in [3.05, 3.63) is 36.0 Å². The molecule has 0 unspecified atom stereocenters. The van der Waals surface area contributed by atoms with E-state index < -0.39 is 0 Å². The topological polar surface area (TPSA) is 94.0 Å². The van der Waals surface area contributed by atoms with E-state index in [4.69, 9.17) is 10.3 Å². The van der Waals surface area contributed by atoms with Crippen LogP contribution in [0.4, 0.5) is 11.4 Å². The van der Waals surface area contributed by atoms with E-state index in [0.29, 0.717) is 17.1 Å². The average Bonchev–Trinajstić information content (AvgIpc) is 2.68. The van der Waals surface area contributed by atoms with Gasteiger partial charge in [0.15, 0.2) is 5.69 Å². The molecule has 0 spiro atoms. The van der Waals surface area contributed by atoms with Crippen LogP contribution in [0.25, 0.3) is 0 Å². The molecule has 0 radical (unpaired) electrons. The first-order valence-electron chi connectivity index (χ1n) is 4.61. The average molecular weight is 218 g/mol. The molecule has 82 valence electrons.